The van der Waals surface area contributed by atoms with E-state index in [-0.39, 0.29) is 5.91 Å². The minimum atomic E-state index is 0.112. The maximum absolute atomic E-state index is 13.0. The van der Waals surface area contributed by atoms with Crippen molar-refractivity contribution in [2.75, 3.05) is 13.1 Å². The first kappa shape index (κ1) is 20.4. The van der Waals surface area contributed by atoms with Gasteiger partial charge in [-0.3, -0.25) is 9.78 Å². The van der Waals surface area contributed by atoms with Crippen LogP contribution in [0.15, 0.2) is 79.0 Å². The predicted molar refractivity (Wildman–Crippen MR) is 131 cm³/mol. The van der Waals surface area contributed by atoms with Crippen molar-refractivity contribution in [1.82, 2.24) is 9.88 Å². The molecule has 0 spiro atoms. The zero-order valence-electron chi connectivity index (χ0n) is 18.7. The Bertz CT molecular complexity index is 1270. The van der Waals surface area contributed by atoms with Crippen LogP contribution in [0.5, 0.6) is 0 Å². The van der Waals surface area contributed by atoms with E-state index in [1.807, 2.05) is 35.2 Å². The van der Waals surface area contributed by atoms with E-state index in [2.05, 4.69) is 61.3 Å². The van der Waals surface area contributed by atoms with Crippen LogP contribution in [0.25, 0.3) is 22.0 Å². The van der Waals surface area contributed by atoms with Gasteiger partial charge in [0, 0.05) is 30.2 Å². The molecule has 1 aromatic heterocycles. The zero-order chi connectivity index (χ0) is 22.1. The summed E-state index contributed by atoms with van der Waals surface area (Å²) >= 11 is 0. The standard InChI is InChI=1S/C29H28N2O/c1-20-5-3-7-27(21(20)2)24-10-8-22(9-11-24)23-14-17-31(18-15-23)29(32)26-13-12-25-6-4-16-30-28(25)19-26/h3-13,16,19,23H,14-15,17-18H2,1-2H3. The van der Waals surface area contributed by atoms with E-state index in [1.54, 1.807) is 6.20 Å². The Balaban J connectivity index is 1.26. The topological polar surface area (TPSA) is 33.2 Å². The fourth-order valence-corrected chi connectivity index (χ4v) is 4.80. The van der Waals surface area contributed by atoms with Crippen LogP contribution >= 0.6 is 0 Å². The number of pyridine rings is 1. The summed E-state index contributed by atoms with van der Waals surface area (Å²) in [5, 5.41) is 1.06. The molecule has 0 N–H and O–H groups in total. The summed E-state index contributed by atoms with van der Waals surface area (Å²) in [5.74, 6) is 0.617. The summed E-state index contributed by atoms with van der Waals surface area (Å²) in [7, 11) is 0. The molecule has 1 aliphatic rings. The SMILES string of the molecule is Cc1cccc(-c2ccc(C3CCN(C(=O)c4ccc5cccnc5c4)CC3)cc2)c1C. The minimum Gasteiger partial charge on any atom is -0.339 e. The third-order valence-electron chi connectivity index (χ3n) is 6.93. The van der Waals surface area contributed by atoms with E-state index < -0.39 is 0 Å². The first-order valence-electron chi connectivity index (χ1n) is 11.4. The summed E-state index contributed by atoms with van der Waals surface area (Å²) < 4.78 is 0. The first-order chi connectivity index (χ1) is 15.6. The van der Waals surface area contributed by atoms with E-state index >= 15 is 0 Å². The molecule has 160 valence electrons. The van der Waals surface area contributed by atoms with Gasteiger partial charge >= 0.3 is 0 Å². The molecule has 0 saturated carbocycles. The van der Waals surface area contributed by atoms with Crippen molar-refractivity contribution in [1.29, 1.82) is 0 Å². The number of carbonyl (C=O) groups is 1. The van der Waals surface area contributed by atoms with Gasteiger partial charge in [-0.15, -0.1) is 0 Å². The number of nitrogens with zero attached hydrogens (tertiary/aromatic N) is 2. The number of amides is 1. The molecule has 3 aromatic carbocycles. The Morgan fingerprint density at radius 3 is 2.47 bits per heavy atom. The van der Waals surface area contributed by atoms with E-state index in [0.29, 0.717) is 5.92 Å². The first-order valence-corrected chi connectivity index (χ1v) is 11.4. The van der Waals surface area contributed by atoms with Gasteiger partial charge in [-0.2, -0.15) is 0 Å². The van der Waals surface area contributed by atoms with Gasteiger partial charge in [-0.25, -0.2) is 0 Å². The maximum Gasteiger partial charge on any atom is 0.253 e. The van der Waals surface area contributed by atoms with Gasteiger partial charge in [0.15, 0.2) is 0 Å². The lowest BCUT2D eigenvalue weighted by Crippen LogP contribution is -2.37. The molecule has 3 heteroatoms. The third kappa shape index (κ3) is 3.91. The lowest BCUT2D eigenvalue weighted by atomic mass is 9.87. The summed E-state index contributed by atoms with van der Waals surface area (Å²) in [6.45, 7) is 5.94. The number of carbonyl (C=O) groups excluding carboxylic acids is 1. The van der Waals surface area contributed by atoms with Crippen molar-refractivity contribution in [3.05, 3.63) is 101 Å². The molecule has 5 rings (SSSR count). The molecular weight excluding hydrogens is 392 g/mol. The van der Waals surface area contributed by atoms with Crippen LogP contribution in [0.1, 0.15) is 45.8 Å². The molecule has 32 heavy (non-hydrogen) atoms. The second kappa shape index (κ2) is 8.58. The second-order valence-electron chi connectivity index (χ2n) is 8.85. The number of rotatable bonds is 3. The molecule has 1 saturated heterocycles. The molecule has 2 heterocycles. The maximum atomic E-state index is 13.0. The van der Waals surface area contributed by atoms with Gasteiger partial charge in [0.2, 0.25) is 0 Å². The Morgan fingerprint density at radius 2 is 1.69 bits per heavy atom. The highest BCUT2D eigenvalue weighted by molar-refractivity contribution is 5.97. The average molecular weight is 421 g/mol. The molecular formula is C29H28N2O. The summed E-state index contributed by atoms with van der Waals surface area (Å²) in [6, 6.07) is 25.3. The fraction of sp³-hybridized carbons (Fsp3) is 0.241. The summed E-state index contributed by atoms with van der Waals surface area (Å²) in [4.78, 5) is 19.4. The average Bonchev–Trinajstić information content (AvgIpc) is 2.85. The highest BCUT2D eigenvalue weighted by atomic mass is 16.2. The monoisotopic (exact) mass is 420 g/mol. The van der Waals surface area contributed by atoms with Crippen LogP contribution in [-0.4, -0.2) is 28.9 Å². The van der Waals surface area contributed by atoms with Crippen molar-refractivity contribution in [2.24, 2.45) is 0 Å². The fourth-order valence-electron chi connectivity index (χ4n) is 4.80. The molecule has 1 fully saturated rings. The normalized spacial score (nSPS) is 14.6. The van der Waals surface area contributed by atoms with Gasteiger partial charge < -0.3 is 4.90 Å². The lowest BCUT2D eigenvalue weighted by Gasteiger charge is -2.32. The summed E-state index contributed by atoms with van der Waals surface area (Å²) in [6.07, 6.45) is 3.77. The van der Waals surface area contributed by atoms with E-state index in [0.717, 1.165) is 42.4 Å². The lowest BCUT2D eigenvalue weighted by molar-refractivity contribution is 0.0713. The van der Waals surface area contributed by atoms with Crippen LogP contribution < -0.4 is 0 Å². The van der Waals surface area contributed by atoms with Crippen molar-refractivity contribution in [3.8, 4) is 11.1 Å². The van der Waals surface area contributed by atoms with Crippen LogP contribution in [0.3, 0.4) is 0 Å². The molecule has 0 unspecified atom stereocenters. The van der Waals surface area contributed by atoms with Gasteiger partial charge in [0.05, 0.1) is 5.52 Å². The largest absolute Gasteiger partial charge is 0.339 e. The smallest absolute Gasteiger partial charge is 0.253 e. The predicted octanol–water partition coefficient (Wildman–Crippen LogP) is 6.54. The van der Waals surface area contributed by atoms with Crippen LogP contribution in [0, 0.1) is 13.8 Å². The highest BCUT2D eigenvalue weighted by Gasteiger charge is 2.25. The molecule has 0 atom stereocenters. The Kier molecular flexibility index (Phi) is 5.48. The number of benzene rings is 3. The van der Waals surface area contributed by atoms with Crippen LogP contribution in [0.4, 0.5) is 0 Å². The molecule has 4 aromatic rings. The Labute approximate surface area is 189 Å². The number of hydrogen-bond donors (Lipinski definition) is 0. The van der Waals surface area contributed by atoms with Gasteiger partial charge in [0.25, 0.3) is 5.91 Å². The minimum absolute atomic E-state index is 0.112. The number of aryl methyl sites for hydroxylation is 1. The van der Waals surface area contributed by atoms with Crippen molar-refractivity contribution >= 4 is 16.8 Å². The van der Waals surface area contributed by atoms with Crippen molar-refractivity contribution in [2.45, 2.75) is 32.6 Å². The molecule has 0 aliphatic carbocycles. The van der Waals surface area contributed by atoms with Crippen LogP contribution in [0.2, 0.25) is 0 Å². The Morgan fingerprint density at radius 1 is 0.906 bits per heavy atom. The number of hydrogen-bond acceptors (Lipinski definition) is 2. The van der Waals surface area contributed by atoms with Crippen molar-refractivity contribution in [3.63, 3.8) is 0 Å². The van der Waals surface area contributed by atoms with E-state index in [4.69, 9.17) is 0 Å². The summed E-state index contributed by atoms with van der Waals surface area (Å²) in [5.41, 5.74) is 8.22. The van der Waals surface area contributed by atoms with Gasteiger partial charge in [-0.1, -0.05) is 54.6 Å². The number of piperidine rings is 1. The Hall–Kier alpha value is -3.46. The molecule has 0 radical (unpaired) electrons. The van der Waals surface area contributed by atoms with Gasteiger partial charge in [-0.05, 0) is 78.6 Å². The number of likely N-dealkylation sites (tertiary alicyclic amines) is 1. The molecule has 3 nitrogen and oxygen atoms in total. The number of aromatic nitrogens is 1. The quantitative estimate of drug-likeness (QED) is 0.377. The van der Waals surface area contributed by atoms with Gasteiger partial charge in [0.1, 0.15) is 0 Å². The third-order valence-corrected chi connectivity index (χ3v) is 6.93. The van der Waals surface area contributed by atoms with E-state index in [1.165, 1.54) is 27.8 Å². The van der Waals surface area contributed by atoms with Crippen LogP contribution in [-0.2, 0) is 0 Å². The molecule has 1 aliphatic heterocycles. The zero-order valence-corrected chi connectivity index (χ0v) is 18.7. The number of fused-ring (bicyclic) bond motifs is 1. The highest BCUT2D eigenvalue weighted by Crippen LogP contribution is 2.32. The van der Waals surface area contributed by atoms with E-state index in [9.17, 15) is 4.79 Å². The molecule has 0 bridgehead atoms. The molecule has 1 amide bonds. The second-order valence-corrected chi connectivity index (χ2v) is 8.85. The van der Waals surface area contributed by atoms with Crippen molar-refractivity contribution < 1.29 is 4.79 Å².